The van der Waals surface area contributed by atoms with E-state index in [0.717, 1.165) is 45.6 Å². The summed E-state index contributed by atoms with van der Waals surface area (Å²) in [6.07, 6.45) is 0.915. The van der Waals surface area contributed by atoms with Gasteiger partial charge in [-0.25, -0.2) is 9.98 Å². The number of aryl methyl sites for hydroxylation is 1. The minimum absolute atomic E-state index is 0. The third-order valence-corrected chi connectivity index (χ3v) is 4.14. The van der Waals surface area contributed by atoms with Gasteiger partial charge in [-0.15, -0.1) is 11.3 Å². The van der Waals surface area contributed by atoms with Crippen LogP contribution in [0.2, 0.25) is 0 Å². The summed E-state index contributed by atoms with van der Waals surface area (Å²) < 4.78 is 11.4. The highest BCUT2D eigenvalue weighted by Crippen LogP contribution is 2.42. The summed E-state index contributed by atoms with van der Waals surface area (Å²) in [4.78, 5) is 9.01. The van der Waals surface area contributed by atoms with E-state index >= 15 is 0 Å². The fourth-order valence-corrected chi connectivity index (χ4v) is 3.03. The van der Waals surface area contributed by atoms with Crippen LogP contribution < -0.4 is 9.47 Å². The monoisotopic (exact) mass is 288 g/mol. The second-order valence-corrected chi connectivity index (χ2v) is 5.48. The maximum absolute atomic E-state index is 5.71. The van der Waals surface area contributed by atoms with Gasteiger partial charge in [-0.05, 0) is 13.0 Å². The fourth-order valence-electron chi connectivity index (χ4n) is 2.23. The Hall–Kier alpha value is -1.88. The van der Waals surface area contributed by atoms with Gasteiger partial charge in [0.2, 0.25) is 0 Å². The molecular weight excluding hydrogens is 272 g/mol. The summed E-state index contributed by atoms with van der Waals surface area (Å²) in [5.41, 5.74) is 4.07. The van der Waals surface area contributed by atoms with Crippen LogP contribution in [0.1, 0.15) is 30.1 Å². The summed E-state index contributed by atoms with van der Waals surface area (Å²) in [7, 11) is 0. The topological polar surface area (TPSA) is 43.7 Å². The lowest BCUT2D eigenvalue weighted by Crippen LogP contribution is -2.11. The normalized spacial score (nSPS) is 15.3. The van der Waals surface area contributed by atoms with Gasteiger partial charge in [-0.1, -0.05) is 7.43 Å². The van der Waals surface area contributed by atoms with Crippen molar-refractivity contribution in [3.8, 4) is 11.5 Å². The van der Waals surface area contributed by atoms with E-state index in [1.54, 1.807) is 11.3 Å². The molecule has 20 heavy (non-hydrogen) atoms. The van der Waals surface area contributed by atoms with Gasteiger partial charge in [0.15, 0.2) is 11.5 Å². The van der Waals surface area contributed by atoms with Gasteiger partial charge in [0.05, 0.1) is 18.9 Å². The molecular formula is C15H16N2O2S. The second-order valence-electron chi connectivity index (χ2n) is 4.62. The Morgan fingerprint density at radius 2 is 1.90 bits per heavy atom. The lowest BCUT2D eigenvalue weighted by Gasteiger charge is -2.19. The number of benzene rings is 1. The van der Waals surface area contributed by atoms with Crippen LogP contribution >= 0.6 is 11.3 Å². The number of hydrogen-bond donors (Lipinski definition) is 0. The van der Waals surface area contributed by atoms with Gasteiger partial charge in [0.25, 0.3) is 0 Å². The van der Waals surface area contributed by atoms with Gasteiger partial charge < -0.3 is 9.47 Å². The summed E-state index contributed by atoms with van der Waals surface area (Å²) >= 11 is 1.62. The van der Waals surface area contributed by atoms with Crippen molar-refractivity contribution in [3.63, 3.8) is 0 Å². The lowest BCUT2D eigenvalue weighted by atomic mass is 10.0. The minimum Gasteiger partial charge on any atom is -0.490 e. The lowest BCUT2D eigenvalue weighted by molar-refractivity contribution is 0.297. The molecule has 0 fully saturated rings. The van der Waals surface area contributed by atoms with Gasteiger partial charge in [0.1, 0.15) is 10.7 Å². The van der Waals surface area contributed by atoms with Crippen molar-refractivity contribution in [2.45, 2.75) is 20.8 Å². The van der Waals surface area contributed by atoms with E-state index < -0.39 is 0 Å². The molecule has 4 rings (SSSR count). The number of ether oxygens (including phenoxy) is 2. The number of aliphatic imine (C=N–C) groups is 1. The zero-order valence-electron chi connectivity index (χ0n) is 10.5. The molecule has 0 N–H and O–H groups in total. The maximum Gasteiger partial charge on any atom is 0.163 e. The van der Waals surface area contributed by atoms with Crippen molar-refractivity contribution < 1.29 is 9.47 Å². The van der Waals surface area contributed by atoms with Crippen molar-refractivity contribution in [3.05, 3.63) is 33.8 Å². The summed E-state index contributed by atoms with van der Waals surface area (Å²) in [6.45, 7) is 3.40. The Morgan fingerprint density at radius 1 is 1.15 bits per heavy atom. The Morgan fingerprint density at radius 3 is 2.60 bits per heavy atom. The predicted octanol–water partition coefficient (Wildman–Crippen LogP) is 3.73. The van der Waals surface area contributed by atoms with Crippen molar-refractivity contribution in [2.75, 3.05) is 13.2 Å². The van der Waals surface area contributed by atoms with Gasteiger partial charge in [-0.2, -0.15) is 0 Å². The Bertz CT molecular complexity index is 691. The largest absolute Gasteiger partial charge is 0.490 e. The Labute approximate surface area is 122 Å². The molecule has 0 saturated heterocycles. The second kappa shape index (κ2) is 4.90. The summed E-state index contributed by atoms with van der Waals surface area (Å²) in [5, 5.41) is 3.01. The number of aromatic nitrogens is 1. The predicted molar refractivity (Wildman–Crippen MR) is 80.9 cm³/mol. The third kappa shape index (κ3) is 1.98. The highest BCUT2D eigenvalue weighted by atomic mass is 32.1. The molecule has 2 aliphatic rings. The van der Waals surface area contributed by atoms with Crippen LogP contribution in [0.3, 0.4) is 0 Å². The standard InChI is InChI=1S/C14H12N2O2S.CH4/c1-8-7-19-14(15-8)13-9-5-11-12(6-10(9)16-13)18-4-2-3-17-11;/h5-7H,2-4H2,1H3;1H4. The molecule has 1 aromatic heterocycles. The van der Waals surface area contributed by atoms with E-state index in [4.69, 9.17) is 9.47 Å². The van der Waals surface area contributed by atoms with Gasteiger partial charge >= 0.3 is 0 Å². The molecule has 3 heterocycles. The molecule has 0 spiro atoms. The Balaban J connectivity index is 0.00000121. The van der Waals surface area contributed by atoms with E-state index in [2.05, 4.69) is 9.98 Å². The van der Waals surface area contributed by atoms with E-state index in [1.165, 1.54) is 0 Å². The average molecular weight is 288 g/mol. The summed E-state index contributed by atoms with van der Waals surface area (Å²) in [5.74, 6) is 1.62. The van der Waals surface area contributed by atoms with Crippen LogP contribution in [0.5, 0.6) is 11.5 Å². The first-order valence-corrected chi connectivity index (χ1v) is 7.14. The minimum atomic E-state index is 0. The van der Waals surface area contributed by atoms with Crippen LogP contribution in [-0.2, 0) is 0 Å². The third-order valence-electron chi connectivity index (χ3n) is 3.17. The number of rotatable bonds is 1. The highest BCUT2D eigenvalue weighted by Gasteiger charge is 2.26. The van der Waals surface area contributed by atoms with E-state index in [9.17, 15) is 0 Å². The Kier molecular flexibility index (Phi) is 3.22. The molecule has 104 valence electrons. The molecule has 5 heteroatoms. The van der Waals surface area contributed by atoms with Gasteiger partial charge in [0, 0.05) is 29.1 Å². The average Bonchev–Trinajstić information content (AvgIpc) is 2.67. The van der Waals surface area contributed by atoms with E-state index in [0.29, 0.717) is 13.2 Å². The molecule has 0 atom stereocenters. The van der Waals surface area contributed by atoms with Crippen LogP contribution in [0.25, 0.3) is 0 Å². The first-order chi connectivity index (χ1) is 9.31. The van der Waals surface area contributed by atoms with Crippen LogP contribution in [0.4, 0.5) is 5.69 Å². The van der Waals surface area contributed by atoms with E-state index in [-0.39, 0.29) is 7.43 Å². The quantitative estimate of drug-likeness (QED) is 0.685. The zero-order valence-corrected chi connectivity index (χ0v) is 11.3. The molecule has 0 bridgehead atoms. The van der Waals surface area contributed by atoms with Gasteiger partial charge in [-0.3, -0.25) is 0 Å². The number of fused-ring (bicyclic) bond motifs is 2. The molecule has 0 radical (unpaired) electrons. The molecule has 1 aromatic carbocycles. The van der Waals surface area contributed by atoms with E-state index in [1.807, 2.05) is 24.4 Å². The fraction of sp³-hybridized carbons (Fsp3) is 0.333. The SMILES string of the molecule is C.Cc1csc(C2=Nc3cc4c(cc32)OCCCO4)n1. The van der Waals surface area contributed by atoms with Crippen molar-refractivity contribution in [1.82, 2.24) is 4.98 Å². The molecule has 0 aliphatic carbocycles. The zero-order chi connectivity index (χ0) is 12.8. The molecule has 0 amide bonds. The van der Waals surface area contributed by atoms with Crippen molar-refractivity contribution >= 4 is 22.7 Å². The molecule has 0 saturated carbocycles. The van der Waals surface area contributed by atoms with Crippen molar-refractivity contribution in [2.24, 2.45) is 4.99 Å². The van der Waals surface area contributed by atoms with Crippen LogP contribution in [0, 0.1) is 6.92 Å². The van der Waals surface area contributed by atoms with Crippen LogP contribution in [-0.4, -0.2) is 23.9 Å². The molecule has 0 unspecified atom stereocenters. The highest BCUT2D eigenvalue weighted by molar-refractivity contribution is 7.12. The first kappa shape index (κ1) is 13.1. The number of hydrogen-bond acceptors (Lipinski definition) is 5. The summed E-state index contributed by atoms with van der Waals surface area (Å²) in [6, 6.07) is 3.98. The number of thiazole rings is 1. The molecule has 4 nitrogen and oxygen atoms in total. The number of nitrogens with zero attached hydrogens (tertiary/aromatic N) is 2. The van der Waals surface area contributed by atoms with Crippen molar-refractivity contribution in [1.29, 1.82) is 0 Å². The first-order valence-electron chi connectivity index (χ1n) is 6.26. The molecule has 2 aromatic rings. The molecule has 2 aliphatic heterocycles. The maximum atomic E-state index is 5.71. The smallest absolute Gasteiger partial charge is 0.163 e. The van der Waals surface area contributed by atoms with Crippen LogP contribution in [0.15, 0.2) is 22.5 Å².